The van der Waals surface area contributed by atoms with Gasteiger partial charge in [0.05, 0.1) is 13.2 Å². The Kier molecular flexibility index (Phi) is 10.3. The second kappa shape index (κ2) is 9.74. The van der Waals surface area contributed by atoms with Gasteiger partial charge in [-0.3, -0.25) is 10.8 Å². The lowest BCUT2D eigenvalue weighted by Crippen LogP contribution is -2.07. The lowest BCUT2D eigenvalue weighted by Gasteiger charge is -2.07. The molecule has 0 atom stereocenters. The Labute approximate surface area is 120 Å². The quantitative estimate of drug-likeness (QED) is 0.661. The van der Waals surface area contributed by atoms with Gasteiger partial charge < -0.3 is 9.47 Å². The smallest absolute Gasteiger partial charge is 0.213 e. The second-order valence-corrected chi connectivity index (χ2v) is 3.10. The van der Waals surface area contributed by atoms with Gasteiger partial charge in [-0.2, -0.15) is 0 Å². The standard InChI is InChI=1S/C12H16N2O2.2ClH/c1-3-15-11(13)9-5-7-10(8-6-9)12(14)16-4-2;;/h5-8,13-14H,3-4H2,1-2H3;2*1H. The van der Waals surface area contributed by atoms with Crippen molar-refractivity contribution in [2.24, 2.45) is 0 Å². The van der Waals surface area contributed by atoms with E-state index in [2.05, 4.69) is 0 Å². The number of rotatable bonds is 4. The molecule has 18 heavy (non-hydrogen) atoms. The number of hydrogen-bond donors (Lipinski definition) is 2. The first-order valence-corrected chi connectivity index (χ1v) is 5.22. The lowest BCUT2D eigenvalue weighted by atomic mass is 10.1. The molecular formula is C12H18Cl2N2O2. The highest BCUT2D eigenvalue weighted by molar-refractivity contribution is 5.95. The van der Waals surface area contributed by atoms with E-state index in [9.17, 15) is 0 Å². The summed E-state index contributed by atoms with van der Waals surface area (Å²) in [5.41, 5.74) is 1.41. The van der Waals surface area contributed by atoms with Crippen molar-refractivity contribution < 1.29 is 9.47 Å². The van der Waals surface area contributed by atoms with Crippen LogP contribution in [0.3, 0.4) is 0 Å². The molecule has 0 spiro atoms. The summed E-state index contributed by atoms with van der Waals surface area (Å²) in [6, 6.07) is 7.00. The van der Waals surface area contributed by atoms with Crippen molar-refractivity contribution in [2.45, 2.75) is 13.8 Å². The number of halogens is 2. The first-order valence-electron chi connectivity index (χ1n) is 5.22. The van der Waals surface area contributed by atoms with Crippen molar-refractivity contribution in [3.8, 4) is 0 Å². The maximum Gasteiger partial charge on any atom is 0.213 e. The summed E-state index contributed by atoms with van der Waals surface area (Å²) in [4.78, 5) is 0. The third-order valence-corrected chi connectivity index (χ3v) is 1.99. The van der Waals surface area contributed by atoms with Gasteiger partial charge >= 0.3 is 0 Å². The van der Waals surface area contributed by atoms with Crippen LogP contribution in [0.4, 0.5) is 0 Å². The molecule has 102 valence electrons. The minimum atomic E-state index is 0. The van der Waals surface area contributed by atoms with Crippen molar-refractivity contribution in [3.63, 3.8) is 0 Å². The van der Waals surface area contributed by atoms with E-state index >= 15 is 0 Å². The highest BCUT2D eigenvalue weighted by Crippen LogP contribution is 2.07. The molecule has 0 unspecified atom stereocenters. The van der Waals surface area contributed by atoms with E-state index in [1.807, 2.05) is 13.8 Å². The van der Waals surface area contributed by atoms with Gasteiger partial charge in [-0.05, 0) is 38.1 Å². The van der Waals surface area contributed by atoms with Gasteiger partial charge in [0.25, 0.3) is 0 Å². The van der Waals surface area contributed by atoms with E-state index in [4.69, 9.17) is 20.3 Å². The van der Waals surface area contributed by atoms with Crippen LogP contribution in [0.5, 0.6) is 0 Å². The number of ether oxygens (including phenoxy) is 2. The zero-order chi connectivity index (χ0) is 12.0. The van der Waals surface area contributed by atoms with Crippen LogP contribution >= 0.6 is 24.8 Å². The van der Waals surface area contributed by atoms with Crippen LogP contribution in [0, 0.1) is 10.8 Å². The fourth-order valence-corrected chi connectivity index (χ4v) is 1.23. The van der Waals surface area contributed by atoms with E-state index in [-0.39, 0.29) is 36.6 Å². The van der Waals surface area contributed by atoms with Crippen molar-refractivity contribution in [3.05, 3.63) is 35.4 Å². The largest absolute Gasteiger partial charge is 0.478 e. The summed E-state index contributed by atoms with van der Waals surface area (Å²) in [5.74, 6) is 0.300. The zero-order valence-corrected chi connectivity index (χ0v) is 12.0. The zero-order valence-electron chi connectivity index (χ0n) is 10.4. The van der Waals surface area contributed by atoms with Crippen LogP contribution in [-0.4, -0.2) is 25.0 Å². The molecule has 0 saturated heterocycles. The highest BCUT2D eigenvalue weighted by Gasteiger charge is 2.04. The first kappa shape index (κ1) is 19.1. The minimum Gasteiger partial charge on any atom is -0.478 e. The molecule has 2 N–H and O–H groups in total. The summed E-state index contributed by atoms with van der Waals surface area (Å²) in [6.07, 6.45) is 0. The topological polar surface area (TPSA) is 66.2 Å². The van der Waals surface area contributed by atoms with Crippen LogP contribution in [0.25, 0.3) is 0 Å². The van der Waals surface area contributed by atoms with E-state index < -0.39 is 0 Å². The van der Waals surface area contributed by atoms with Crippen LogP contribution in [-0.2, 0) is 9.47 Å². The Hall–Kier alpha value is -1.26. The fourth-order valence-electron chi connectivity index (χ4n) is 1.23. The molecule has 4 nitrogen and oxygen atoms in total. The Morgan fingerprint density at radius 2 is 1.11 bits per heavy atom. The first-order chi connectivity index (χ1) is 7.69. The Morgan fingerprint density at radius 3 is 1.33 bits per heavy atom. The van der Waals surface area contributed by atoms with Crippen LogP contribution in [0.15, 0.2) is 24.3 Å². The summed E-state index contributed by atoms with van der Waals surface area (Å²) in [6.45, 7) is 4.64. The summed E-state index contributed by atoms with van der Waals surface area (Å²) >= 11 is 0. The van der Waals surface area contributed by atoms with E-state index in [0.29, 0.717) is 24.3 Å². The van der Waals surface area contributed by atoms with Crippen LogP contribution < -0.4 is 0 Å². The van der Waals surface area contributed by atoms with Crippen molar-refractivity contribution >= 4 is 36.6 Å². The Morgan fingerprint density at radius 1 is 0.833 bits per heavy atom. The molecule has 0 fully saturated rings. The molecule has 1 aromatic rings. The maximum atomic E-state index is 7.58. The third kappa shape index (κ3) is 5.38. The SMILES string of the molecule is CCOC(=N)c1ccc(C(=N)OCC)cc1.Cl.Cl. The normalized spacial score (nSPS) is 8.56. The second-order valence-electron chi connectivity index (χ2n) is 3.10. The Bertz CT molecular complexity index is 343. The Balaban J connectivity index is 0. The minimum absolute atomic E-state index is 0. The van der Waals surface area contributed by atoms with Crippen molar-refractivity contribution in [1.82, 2.24) is 0 Å². The van der Waals surface area contributed by atoms with Gasteiger partial charge in [0.1, 0.15) is 0 Å². The predicted molar refractivity (Wildman–Crippen MR) is 77.8 cm³/mol. The van der Waals surface area contributed by atoms with Crippen molar-refractivity contribution in [2.75, 3.05) is 13.2 Å². The summed E-state index contributed by atoms with van der Waals surface area (Å²) < 4.78 is 10.1. The highest BCUT2D eigenvalue weighted by atomic mass is 35.5. The lowest BCUT2D eigenvalue weighted by molar-refractivity contribution is 0.324. The molecule has 0 heterocycles. The van der Waals surface area contributed by atoms with Gasteiger partial charge in [-0.1, -0.05) is 0 Å². The van der Waals surface area contributed by atoms with Gasteiger partial charge in [-0.15, -0.1) is 24.8 Å². The van der Waals surface area contributed by atoms with Crippen LogP contribution in [0.2, 0.25) is 0 Å². The fraction of sp³-hybridized carbons (Fsp3) is 0.333. The average Bonchev–Trinajstić information content (AvgIpc) is 2.30. The number of hydrogen-bond acceptors (Lipinski definition) is 4. The molecule has 0 radical (unpaired) electrons. The molecule has 1 aromatic carbocycles. The maximum absolute atomic E-state index is 7.58. The van der Waals surface area contributed by atoms with Gasteiger partial charge in [0.15, 0.2) is 0 Å². The van der Waals surface area contributed by atoms with E-state index in [0.717, 1.165) is 0 Å². The van der Waals surface area contributed by atoms with Gasteiger partial charge in [0.2, 0.25) is 11.8 Å². The molecular weight excluding hydrogens is 275 g/mol. The van der Waals surface area contributed by atoms with Crippen molar-refractivity contribution in [1.29, 1.82) is 10.8 Å². The molecule has 0 aromatic heterocycles. The molecule has 0 bridgehead atoms. The third-order valence-electron chi connectivity index (χ3n) is 1.99. The molecule has 6 heteroatoms. The molecule has 0 amide bonds. The molecule has 0 saturated carbocycles. The van der Waals surface area contributed by atoms with E-state index in [1.165, 1.54) is 0 Å². The molecule has 0 aliphatic rings. The molecule has 0 aliphatic carbocycles. The number of benzene rings is 1. The number of nitrogens with one attached hydrogen (secondary N) is 2. The average molecular weight is 293 g/mol. The monoisotopic (exact) mass is 292 g/mol. The van der Waals surface area contributed by atoms with Crippen LogP contribution in [0.1, 0.15) is 25.0 Å². The molecule has 0 aliphatic heterocycles. The molecule has 1 rings (SSSR count). The van der Waals surface area contributed by atoms with E-state index in [1.54, 1.807) is 24.3 Å². The predicted octanol–water partition coefficient (Wildman–Crippen LogP) is 3.25. The summed E-state index contributed by atoms with van der Waals surface area (Å²) in [5, 5.41) is 15.2. The van der Waals surface area contributed by atoms with Gasteiger partial charge in [-0.25, -0.2) is 0 Å². The summed E-state index contributed by atoms with van der Waals surface area (Å²) in [7, 11) is 0. The van der Waals surface area contributed by atoms with Gasteiger partial charge in [0, 0.05) is 11.1 Å².